The number of benzene rings is 1. The quantitative estimate of drug-likeness (QED) is 0.885. The summed E-state index contributed by atoms with van der Waals surface area (Å²) >= 11 is 3.29. The maximum Gasteiger partial charge on any atom is 0.358 e. The van der Waals surface area contributed by atoms with Crippen molar-refractivity contribution in [3.8, 4) is 5.75 Å². The molecule has 1 heterocycles. The molecule has 1 aromatic carbocycles. The number of halogens is 3. The summed E-state index contributed by atoms with van der Waals surface area (Å²) < 4.78 is 32.7. The maximum absolute atomic E-state index is 13.0. The van der Waals surface area contributed by atoms with Crippen molar-refractivity contribution in [3.05, 3.63) is 39.6 Å². The molecule has 9 heteroatoms. The molecule has 112 valence electrons. The monoisotopic (exact) mass is 361 g/mol. The third kappa shape index (κ3) is 3.18. The van der Waals surface area contributed by atoms with Gasteiger partial charge in [-0.2, -0.15) is 0 Å². The molecule has 1 aromatic heterocycles. The molecule has 21 heavy (non-hydrogen) atoms. The molecular weight excluding hydrogens is 352 g/mol. The molecule has 0 fully saturated rings. The van der Waals surface area contributed by atoms with Gasteiger partial charge in [0.05, 0.1) is 13.7 Å². The zero-order chi connectivity index (χ0) is 15.6. The van der Waals surface area contributed by atoms with Crippen molar-refractivity contribution in [2.45, 2.75) is 13.0 Å². The Balaban J connectivity index is 2.42. The van der Waals surface area contributed by atoms with Gasteiger partial charge in [-0.3, -0.25) is 0 Å². The molecule has 0 bridgehead atoms. The minimum absolute atomic E-state index is 0.0578. The first-order valence-corrected chi connectivity index (χ1v) is 6.50. The van der Waals surface area contributed by atoms with Crippen molar-refractivity contribution in [1.82, 2.24) is 15.0 Å². The van der Waals surface area contributed by atoms with Crippen LogP contribution in [0.3, 0.4) is 0 Å². The number of hydrogen-bond acceptors (Lipinski definition) is 4. The van der Waals surface area contributed by atoms with Crippen LogP contribution in [0.2, 0.25) is 0 Å². The second-order valence-electron chi connectivity index (χ2n) is 4.04. The zero-order valence-corrected chi connectivity index (χ0v) is 12.3. The summed E-state index contributed by atoms with van der Waals surface area (Å²) in [6, 6.07) is 5.04. The highest BCUT2D eigenvalue weighted by Crippen LogP contribution is 2.26. The lowest BCUT2D eigenvalue weighted by atomic mass is 10.2. The van der Waals surface area contributed by atoms with Crippen LogP contribution in [-0.2, 0) is 6.54 Å². The van der Waals surface area contributed by atoms with Crippen LogP contribution in [0.5, 0.6) is 5.75 Å². The van der Waals surface area contributed by atoms with Crippen LogP contribution in [0, 0.1) is 0 Å². The molecular formula is C12H10BrF2N3O3. The Hall–Kier alpha value is -2.03. The van der Waals surface area contributed by atoms with Gasteiger partial charge in [0.25, 0.3) is 6.43 Å². The fourth-order valence-corrected chi connectivity index (χ4v) is 2.14. The SMILES string of the molecule is COc1ccc(Br)c(Cn2nnc(C(=O)O)c2C(F)F)c1. The van der Waals surface area contributed by atoms with E-state index in [9.17, 15) is 13.6 Å². The summed E-state index contributed by atoms with van der Waals surface area (Å²) in [4.78, 5) is 10.9. The highest BCUT2D eigenvalue weighted by molar-refractivity contribution is 9.10. The molecule has 0 amide bonds. The third-order valence-corrected chi connectivity index (χ3v) is 3.53. The summed E-state index contributed by atoms with van der Waals surface area (Å²) in [6.07, 6.45) is -2.99. The van der Waals surface area contributed by atoms with E-state index in [0.717, 1.165) is 4.68 Å². The van der Waals surface area contributed by atoms with Crippen LogP contribution in [0.25, 0.3) is 0 Å². The van der Waals surface area contributed by atoms with Gasteiger partial charge in [0, 0.05) is 4.47 Å². The smallest absolute Gasteiger partial charge is 0.358 e. The van der Waals surface area contributed by atoms with E-state index in [2.05, 4.69) is 26.2 Å². The van der Waals surface area contributed by atoms with Crippen molar-refractivity contribution in [3.63, 3.8) is 0 Å². The number of aromatic nitrogens is 3. The lowest BCUT2D eigenvalue weighted by Gasteiger charge is -2.09. The molecule has 0 saturated carbocycles. The summed E-state index contributed by atoms with van der Waals surface area (Å²) in [6.45, 7) is -0.0578. The van der Waals surface area contributed by atoms with Gasteiger partial charge in [0.2, 0.25) is 0 Å². The van der Waals surface area contributed by atoms with E-state index in [4.69, 9.17) is 9.84 Å². The number of carboxylic acids is 1. The molecule has 0 unspecified atom stereocenters. The topological polar surface area (TPSA) is 77.2 Å². The van der Waals surface area contributed by atoms with Gasteiger partial charge in [-0.05, 0) is 23.8 Å². The average molecular weight is 362 g/mol. The van der Waals surface area contributed by atoms with Gasteiger partial charge in [0.15, 0.2) is 5.69 Å². The van der Waals surface area contributed by atoms with E-state index in [1.165, 1.54) is 7.11 Å². The standard InChI is InChI=1S/C12H10BrF2N3O3/c1-21-7-2-3-8(13)6(4-7)5-18-10(11(14)15)9(12(19)20)16-17-18/h2-4,11H,5H2,1H3,(H,19,20). The van der Waals surface area contributed by atoms with Gasteiger partial charge in [-0.1, -0.05) is 21.1 Å². The van der Waals surface area contributed by atoms with Crippen LogP contribution in [0.15, 0.2) is 22.7 Å². The maximum atomic E-state index is 13.0. The summed E-state index contributed by atoms with van der Waals surface area (Å²) in [5.74, 6) is -0.994. The number of hydrogen-bond donors (Lipinski definition) is 1. The Morgan fingerprint density at radius 1 is 1.52 bits per heavy atom. The molecule has 0 saturated heterocycles. The van der Waals surface area contributed by atoms with Crippen LogP contribution < -0.4 is 4.74 Å². The van der Waals surface area contributed by atoms with E-state index < -0.39 is 23.8 Å². The molecule has 0 atom stereocenters. The fourth-order valence-electron chi connectivity index (χ4n) is 1.77. The zero-order valence-electron chi connectivity index (χ0n) is 10.8. The number of carboxylic acid groups (broad SMARTS) is 1. The number of aromatic carboxylic acids is 1. The number of nitrogens with zero attached hydrogens (tertiary/aromatic N) is 3. The van der Waals surface area contributed by atoms with Gasteiger partial charge in [-0.25, -0.2) is 18.3 Å². The Morgan fingerprint density at radius 3 is 2.81 bits per heavy atom. The third-order valence-electron chi connectivity index (χ3n) is 2.76. The number of methoxy groups -OCH3 is 1. The Bertz CT molecular complexity index is 676. The van der Waals surface area contributed by atoms with E-state index in [1.54, 1.807) is 18.2 Å². The first-order valence-electron chi connectivity index (χ1n) is 5.71. The Kier molecular flexibility index (Phi) is 4.51. The Labute approximate surface area is 126 Å². The molecule has 0 aliphatic rings. The van der Waals surface area contributed by atoms with Gasteiger partial charge < -0.3 is 9.84 Å². The molecule has 0 aliphatic carbocycles. The summed E-state index contributed by atoms with van der Waals surface area (Å²) in [5, 5.41) is 15.6. The highest BCUT2D eigenvalue weighted by atomic mass is 79.9. The Morgan fingerprint density at radius 2 is 2.24 bits per heavy atom. The molecule has 2 rings (SSSR count). The molecule has 0 aliphatic heterocycles. The largest absolute Gasteiger partial charge is 0.497 e. The first kappa shape index (κ1) is 15.4. The predicted octanol–water partition coefficient (Wildman–Crippen LogP) is 2.73. The van der Waals surface area contributed by atoms with Crippen molar-refractivity contribution < 1.29 is 23.4 Å². The van der Waals surface area contributed by atoms with Gasteiger partial charge >= 0.3 is 5.97 Å². The van der Waals surface area contributed by atoms with Crippen LogP contribution in [-0.4, -0.2) is 33.2 Å². The van der Waals surface area contributed by atoms with Gasteiger partial charge in [0.1, 0.15) is 11.4 Å². The van der Waals surface area contributed by atoms with E-state index in [-0.39, 0.29) is 6.54 Å². The first-order chi connectivity index (χ1) is 9.93. The molecule has 0 radical (unpaired) electrons. The van der Waals surface area contributed by atoms with E-state index >= 15 is 0 Å². The van der Waals surface area contributed by atoms with E-state index in [0.29, 0.717) is 15.8 Å². The number of carbonyl (C=O) groups is 1. The van der Waals surface area contributed by atoms with Crippen molar-refractivity contribution in [1.29, 1.82) is 0 Å². The molecule has 0 spiro atoms. The molecule has 2 aromatic rings. The van der Waals surface area contributed by atoms with Crippen molar-refractivity contribution in [2.75, 3.05) is 7.11 Å². The van der Waals surface area contributed by atoms with Crippen molar-refractivity contribution in [2.24, 2.45) is 0 Å². The number of ether oxygens (including phenoxy) is 1. The lowest BCUT2D eigenvalue weighted by molar-refractivity contribution is 0.0675. The van der Waals surface area contributed by atoms with Gasteiger partial charge in [-0.15, -0.1) is 5.10 Å². The predicted molar refractivity (Wildman–Crippen MR) is 71.7 cm³/mol. The van der Waals surface area contributed by atoms with Crippen LogP contribution in [0.4, 0.5) is 8.78 Å². The fraction of sp³-hybridized carbons (Fsp3) is 0.250. The lowest BCUT2D eigenvalue weighted by Crippen LogP contribution is -2.10. The molecule has 6 nitrogen and oxygen atoms in total. The summed E-state index contributed by atoms with van der Waals surface area (Å²) in [7, 11) is 1.48. The minimum Gasteiger partial charge on any atom is -0.497 e. The van der Waals surface area contributed by atoms with E-state index in [1.807, 2.05) is 0 Å². The normalized spacial score (nSPS) is 10.9. The second kappa shape index (κ2) is 6.17. The minimum atomic E-state index is -2.99. The summed E-state index contributed by atoms with van der Waals surface area (Å²) in [5.41, 5.74) is -0.862. The second-order valence-corrected chi connectivity index (χ2v) is 4.90. The van der Waals surface area contributed by atoms with Crippen molar-refractivity contribution >= 4 is 21.9 Å². The molecule has 1 N–H and O–H groups in total. The number of rotatable bonds is 5. The average Bonchev–Trinajstić information content (AvgIpc) is 2.85. The van der Waals surface area contributed by atoms with Crippen LogP contribution in [0.1, 0.15) is 28.2 Å². The highest BCUT2D eigenvalue weighted by Gasteiger charge is 2.26. The number of alkyl halides is 2. The van der Waals surface area contributed by atoms with Crippen LogP contribution >= 0.6 is 15.9 Å².